The number of benzene rings is 2. The molecule has 37 heavy (non-hydrogen) atoms. The molecule has 0 aliphatic carbocycles. The lowest BCUT2D eigenvalue weighted by Crippen LogP contribution is -2.44. The van der Waals surface area contributed by atoms with Crippen molar-refractivity contribution in [2.45, 2.75) is 32.2 Å². The van der Waals surface area contributed by atoms with Gasteiger partial charge in [-0.25, -0.2) is 13.2 Å². The maximum atomic E-state index is 15.3. The van der Waals surface area contributed by atoms with Crippen molar-refractivity contribution < 1.29 is 32.6 Å². The zero-order valence-corrected chi connectivity index (χ0v) is 20.4. The number of ether oxygens (including phenoxy) is 1. The number of nitrogens with two attached hydrogens (primary N) is 1. The molecule has 196 valence electrons. The third-order valence-corrected chi connectivity index (χ3v) is 5.80. The van der Waals surface area contributed by atoms with E-state index in [1.807, 2.05) is 0 Å². The fraction of sp³-hybridized carbons (Fsp3) is 0.269. The number of nitrogens with one attached hydrogen (secondary N) is 1. The highest BCUT2D eigenvalue weighted by Gasteiger charge is 2.27. The van der Waals surface area contributed by atoms with Crippen LogP contribution in [0.3, 0.4) is 0 Å². The van der Waals surface area contributed by atoms with Crippen molar-refractivity contribution in [1.29, 1.82) is 0 Å². The Kier molecular flexibility index (Phi) is 8.07. The standard InChI is InChI=1S/C26H26F3N3O5/c1-14-11-16(37-10-4-9-26(2,30)25(35)36)13-20(29)22(14)32-21(33)8-7-18(24(32)31-3)23(34)17-6-5-15(27)12-19(17)28/h5-8,11-13,31H,4,9-10,30H2,1-3H3,(H,35,36). The van der Waals surface area contributed by atoms with E-state index in [0.29, 0.717) is 18.1 Å². The van der Waals surface area contributed by atoms with Crippen LogP contribution in [0.15, 0.2) is 47.3 Å². The van der Waals surface area contributed by atoms with Crippen molar-refractivity contribution >= 4 is 17.6 Å². The molecule has 0 amide bonds. The fourth-order valence-corrected chi connectivity index (χ4v) is 3.82. The molecule has 11 heteroatoms. The van der Waals surface area contributed by atoms with Gasteiger partial charge in [-0.05, 0) is 56.5 Å². The molecule has 4 N–H and O–H groups in total. The Morgan fingerprint density at radius 1 is 1.08 bits per heavy atom. The highest BCUT2D eigenvalue weighted by Crippen LogP contribution is 2.29. The van der Waals surface area contributed by atoms with E-state index in [4.69, 9.17) is 15.6 Å². The van der Waals surface area contributed by atoms with E-state index in [1.54, 1.807) is 0 Å². The van der Waals surface area contributed by atoms with Gasteiger partial charge in [0, 0.05) is 25.2 Å². The van der Waals surface area contributed by atoms with Gasteiger partial charge in [-0.2, -0.15) is 0 Å². The second kappa shape index (κ2) is 10.9. The molecule has 0 radical (unpaired) electrons. The molecule has 1 atom stereocenters. The molecule has 1 heterocycles. The molecular weight excluding hydrogens is 491 g/mol. The summed E-state index contributed by atoms with van der Waals surface area (Å²) in [7, 11) is 1.41. The number of aryl methyl sites for hydroxylation is 1. The summed E-state index contributed by atoms with van der Waals surface area (Å²) in [6, 6.07) is 7.26. The van der Waals surface area contributed by atoms with Gasteiger partial charge in [-0.3, -0.25) is 19.0 Å². The van der Waals surface area contributed by atoms with E-state index in [1.165, 1.54) is 33.0 Å². The van der Waals surface area contributed by atoms with E-state index >= 15 is 4.39 Å². The number of carboxylic acids is 1. The normalized spacial score (nSPS) is 12.6. The number of nitrogens with zero attached hydrogens (tertiary/aromatic N) is 1. The minimum atomic E-state index is -1.42. The molecule has 0 saturated heterocycles. The predicted molar refractivity (Wildman–Crippen MR) is 131 cm³/mol. The Morgan fingerprint density at radius 2 is 1.76 bits per heavy atom. The third-order valence-electron chi connectivity index (χ3n) is 5.80. The van der Waals surface area contributed by atoms with E-state index in [2.05, 4.69) is 5.32 Å². The summed E-state index contributed by atoms with van der Waals surface area (Å²) in [5.41, 5.74) is 3.20. The van der Waals surface area contributed by atoms with Crippen LogP contribution in [0.25, 0.3) is 5.69 Å². The van der Waals surface area contributed by atoms with E-state index in [-0.39, 0.29) is 35.8 Å². The number of rotatable bonds is 10. The Balaban J connectivity index is 1.96. The summed E-state index contributed by atoms with van der Waals surface area (Å²) < 4.78 is 49.4. The van der Waals surface area contributed by atoms with Crippen molar-refractivity contribution in [2.24, 2.45) is 5.73 Å². The SMILES string of the molecule is CNc1c(C(=O)c2ccc(F)cc2F)ccc(=O)n1-c1c(C)cc(OCCCC(C)(N)C(=O)O)cc1F. The summed E-state index contributed by atoms with van der Waals surface area (Å²) >= 11 is 0. The highest BCUT2D eigenvalue weighted by atomic mass is 19.1. The number of aliphatic carboxylic acids is 1. The number of hydrogen-bond acceptors (Lipinski definition) is 6. The average Bonchev–Trinajstić information content (AvgIpc) is 2.81. The molecule has 0 bridgehead atoms. The topological polar surface area (TPSA) is 124 Å². The quantitative estimate of drug-likeness (QED) is 0.276. The molecule has 8 nitrogen and oxygen atoms in total. The van der Waals surface area contributed by atoms with E-state index in [9.17, 15) is 23.2 Å². The Morgan fingerprint density at radius 3 is 2.35 bits per heavy atom. The van der Waals surface area contributed by atoms with Gasteiger partial charge in [-0.1, -0.05) is 0 Å². The molecule has 2 aromatic carbocycles. The van der Waals surface area contributed by atoms with Gasteiger partial charge >= 0.3 is 5.97 Å². The maximum absolute atomic E-state index is 15.3. The summed E-state index contributed by atoms with van der Waals surface area (Å²) in [5.74, 6) is -4.69. The van der Waals surface area contributed by atoms with Gasteiger partial charge in [-0.15, -0.1) is 0 Å². The zero-order chi connectivity index (χ0) is 27.5. The van der Waals surface area contributed by atoms with E-state index < -0.39 is 45.9 Å². The Labute approximate surface area is 210 Å². The van der Waals surface area contributed by atoms with Crippen LogP contribution in [-0.2, 0) is 4.79 Å². The smallest absolute Gasteiger partial charge is 0.323 e. The van der Waals surface area contributed by atoms with Crippen LogP contribution >= 0.6 is 0 Å². The molecule has 3 rings (SSSR count). The largest absolute Gasteiger partial charge is 0.493 e. The number of aromatic nitrogens is 1. The van der Waals surface area contributed by atoms with Crippen LogP contribution in [0.4, 0.5) is 19.0 Å². The van der Waals surface area contributed by atoms with Crippen LogP contribution in [0.2, 0.25) is 0 Å². The fourth-order valence-electron chi connectivity index (χ4n) is 3.82. The Hall–Kier alpha value is -4.12. The summed E-state index contributed by atoms with van der Waals surface area (Å²) in [4.78, 5) is 37.0. The molecule has 1 aromatic heterocycles. The van der Waals surface area contributed by atoms with Crippen molar-refractivity contribution in [3.8, 4) is 11.4 Å². The second-order valence-electron chi connectivity index (χ2n) is 8.72. The van der Waals surface area contributed by atoms with Crippen LogP contribution in [0, 0.1) is 24.4 Å². The second-order valence-corrected chi connectivity index (χ2v) is 8.72. The lowest BCUT2D eigenvalue weighted by atomic mass is 9.98. The number of ketones is 1. The molecule has 0 fully saturated rings. The number of anilines is 1. The maximum Gasteiger partial charge on any atom is 0.323 e. The highest BCUT2D eigenvalue weighted by molar-refractivity contribution is 6.12. The number of hydrogen-bond donors (Lipinski definition) is 3. The van der Waals surface area contributed by atoms with Crippen LogP contribution in [0.5, 0.6) is 5.75 Å². The molecule has 0 aliphatic heterocycles. The lowest BCUT2D eigenvalue weighted by molar-refractivity contribution is -0.143. The van der Waals surface area contributed by atoms with Crippen LogP contribution in [-0.4, -0.2) is 40.6 Å². The summed E-state index contributed by atoms with van der Waals surface area (Å²) in [6.07, 6.45) is 0.438. The van der Waals surface area contributed by atoms with Gasteiger partial charge in [0.1, 0.15) is 28.7 Å². The predicted octanol–water partition coefficient (Wildman–Crippen LogP) is 3.80. The lowest BCUT2D eigenvalue weighted by Gasteiger charge is -2.20. The molecular formula is C26H26F3N3O5. The van der Waals surface area contributed by atoms with Gasteiger partial charge in [0.25, 0.3) is 5.56 Å². The van der Waals surface area contributed by atoms with Gasteiger partial charge in [0.2, 0.25) is 0 Å². The van der Waals surface area contributed by atoms with Gasteiger partial charge in [0.05, 0.1) is 23.4 Å². The first kappa shape index (κ1) is 27.5. The number of carbonyl (C=O) groups is 2. The number of pyridine rings is 1. The van der Waals surface area contributed by atoms with Gasteiger partial charge in [0.15, 0.2) is 11.6 Å². The van der Waals surface area contributed by atoms with Crippen LogP contribution < -0.4 is 21.3 Å². The molecule has 0 saturated carbocycles. The van der Waals surface area contributed by atoms with Crippen LogP contribution in [0.1, 0.15) is 41.3 Å². The minimum Gasteiger partial charge on any atom is -0.493 e. The van der Waals surface area contributed by atoms with Gasteiger partial charge < -0.3 is 20.9 Å². The first-order valence-electron chi connectivity index (χ1n) is 11.3. The third kappa shape index (κ3) is 5.83. The van der Waals surface area contributed by atoms with Crippen molar-refractivity contribution in [1.82, 2.24) is 4.57 Å². The summed E-state index contributed by atoms with van der Waals surface area (Å²) in [6.45, 7) is 2.99. The van der Waals surface area contributed by atoms with Crippen molar-refractivity contribution in [3.63, 3.8) is 0 Å². The van der Waals surface area contributed by atoms with Crippen molar-refractivity contribution in [3.05, 3.63) is 87.0 Å². The number of halogens is 3. The number of carbonyl (C=O) groups excluding carboxylic acids is 1. The minimum absolute atomic E-state index is 0.0766. The molecule has 1 unspecified atom stereocenters. The Bertz CT molecular complexity index is 1400. The first-order chi connectivity index (χ1) is 17.4. The van der Waals surface area contributed by atoms with Crippen molar-refractivity contribution in [2.75, 3.05) is 19.0 Å². The average molecular weight is 518 g/mol. The zero-order valence-electron chi connectivity index (χ0n) is 20.4. The molecule has 0 aliphatic rings. The monoisotopic (exact) mass is 517 g/mol. The summed E-state index contributed by atoms with van der Waals surface area (Å²) in [5, 5.41) is 11.8. The van der Waals surface area contributed by atoms with E-state index in [0.717, 1.165) is 28.8 Å². The first-order valence-corrected chi connectivity index (χ1v) is 11.3. The number of carboxylic acid groups (broad SMARTS) is 1. The molecule has 0 spiro atoms. The molecule has 3 aromatic rings.